The highest BCUT2D eigenvalue weighted by Crippen LogP contribution is 2.31. The SMILES string of the molecule is COC(=O)C1CCc2nc(-c3ccc(C#Cc4ccc(C(F)(F)F)c(F)c4)cc3)cn2C1. The predicted octanol–water partition coefficient (Wildman–Crippen LogP) is 4.84. The van der Waals surface area contributed by atoms with E-state index in [-0.39, 0.29) is 17.5 Å². The normalized spacial score (nSPS) is 15.5. The predicted molar refractivity (Wildman–Crippen MR) is 109 cm³/mol. The molecule has 4 nitrogen and oxygen atoms in total. The number of alkyl halides is 3. The number of benzene rings is 2. The fourth-order valence-electron chi connectivity index (χ4n) is 3.63. The van der Waals surface area contributed by atoms with E-state index in [9.17, 15) is 22.4 Å². The molecule has 0 saturated carbocycles. The van der Waals surface area contributed by atoms with Crippen LogP contribution in [0.3, 0.4) is 0 Å². The molecule has 164 valence electrons. The molecule has 1 aliphatic rings. The number of rotatable bonds is 2. The van der Waals surface area contributed by atoms with Crippen LogP contribution in [0.5, 0.6) is 0 Å². The molecule has 0 bridgehead atoms. The van der Waals surface area contributed by atoms with Gasteiger partial charge in [-0.1, -0.05) is 24.0 Å². The van der Waals surface area contributed by atoms with Crippen molar-refractivity contribution in [2.75, 3.05) is 7.11 Å². The Hall–Kier alpha value is -3.60. The van der Waals surface area contributed by atoms with Gasteiger partial charge in [0, 0.05) is 35.9 Å². The van der Waals surface area contributed by atoms with Crippen molar-refractivity contribution in [2.45, 2.75) is 25.6 Å². The van der Waals surface area contributed by atoms with Gasteiger partial charge in [-0.05, 0) is 36.8 Å². The molecular formula is C24H18F4N2O2. The van der Waals surface area contributed by atoms with E-state index in [1.807, 2.05) is 22.9 Å². The summed E-state index contributed by atoms with van der Waals surface area (Å²) in [5, 5.41) is 0. The van der Waals surface area contributed by atoms with Crippen LogP contribution < -0.4 is 0 Å². The Morgan fingerprint density at radius 2 is 1.81 bits per heavy atom. The number of methoxy groups -OCH3 is 1. The second-order valence-electron chi connectivity index (χ2n) is 7.47. The van der Waals surface area contributed by atoms with E-state index >= 15 is 0 Å². The smallest absolute Gasteiger partial charge is 0.419 e. The number of carbonyl (C=O) groups excluding carboxylic acids is 1. The topological polar surface area (TPSA) is 44.1 Å². The second kappa shape index (κ2) is 8.50. The van der Waals surface area contributed by atoms with E-state index in [0.717, 1.165) is 29.2 Å². The molecule has 8 heteroatoms. The summed E-state index contributed by atoms with van der Waals surface area (Å²) in [6.07, 6.45) is -1.45. The Morgan fingerprint density at radius 3 is 2.47 bits per heavy atom. The molecule has 32 heavy (non-hydrogen) atoms. The van der Waals surface area contributed by atoms with E-state index in [2.05, 4.69) is 16.8 Å². The number of aromatic nitrogens is 2. The Balaban J connectivity index is 1.49. The highest BCUT2D eigenvalue weighted by Gasteiger charge is 2.33. The lowest BCUT2D eigenvalue weighted by molar-refractivity contribution is -0.146. The molecule has 1 aromatic heterocycles. The first-order chi connectivity index (χ1) is 15.2. The van der Waals surface area contributed by atoms with E-state index in [1.165, 1.54) is 7.11 Å². The summed E-state index contributed by atoms with van der Waals surface area (Å²) >= 11 is 0. The van der Waals surface area contributed by atoms with E-state index < -0.39 is 17.6 Å². The minimum atomic E-state index is -4.74. The molecule has 0 amide bonds. The van der Waals surface area contributed by atoms with Crippen molar-refractivity contribution < 1.29 is 27.1 Å². The fourth-order valence-corrected chi connectivity index (χ4v) is 3.63. The highest BCUT2D eigenvalue weighted by atomic mass is 19.4. The second-order valence-corrected chi connectivity index (χ2v) is 7.47. The van der Waals surface area contributed by atoms with E-state index in [0.29, 0.717) is 31.0 Å². The van der Waals surface area contributed by atoms with Crippen molar-refractivity contribution >= 4 is 5.97 Å². The molecule has 0 fully saturated rings. The number of carbonyl (C=O) groups is 1. The lowest BCUT2D eigenvalue weighted by atomic mass is 10.00. The van der Waals surface area contributed by atoms with E-state index in [1.54, 1.807) is 12.1 Å². The number of imidazole rings is 1. The molecule has 0 spiro atoms. The zero-order chi connectivity index (χ0) is 22.9. The van der Waals surface area contributed by atoms with Gasteiger partial charge in [0.1, 0.15) is 11.6 Å². The van der Waals surface area contributed by atoms with Gasteiger partial charge in [0.2, 0.25) is 0 Å². The van der Waals surface area contributed by atoms with E-state index in [4.69, 9.17) is 4.74 Å². The number of esters is 1. The lowest BCUT2D eigenvalue weighted by Gasteiger charge is -2.21. The van der Waals surface area contributed by atoms with Gasteiger partial charge in [-0.15, -0.1) is 0 Å². The van der Waals surface area contributed by atoms with Crippen molar-refractivity contribution in [1.29, 1.82) is 0 Å². The maximum absolute atomic E-state index is 13.7. The van der Waals surface area contributed by atoms with Crippen LogP contribution in [0.2, 0.25) is 0 Å². The first kappa shape index (κ1) is 21.6. The fraction of sp³-hybridized carbons (Fsp3) is 0.250. The molecule has 0 aliphatic carbocycles. The number of nitrogens with zero attached hydrogens (tertiary/aromatic N) is 2. The minimum Gasteiger partial charge on any atom is -0.469 e. The van der Waals surface area contributed by atoms with Gasteiger partial charge in [0.15, 0.2) is 0 Å². The third kappa shape index (κ3) is 4.52. The molecule has 1 atom stereocenters. The van der Waals surface area contributed by atoms with Crippen LogP contribution in [0.15, 0.2) is 48.7 Å². The maximum Gasteiger partial charge on any atom is 0.419 e. The van der Waals surface area contributed by atoms with Crippen LogP contribution in [0, 0.1) is 23.6 Å². The quantitative estimate of drug-likeness (QED) is 0.324. The lowest BCUT2D eigenvalue weighted by Crippen LogP contribution is -2.27. The maximum atomic E-state index is 13.7. The number of fused-ring (bicyclic) bond motifs is 1. The summed E-state index contributed by atoms with van der Waals surface area (Å²) in [7, 11) is 1.38. The zero-order valence-electron chi connectivity index (χ0n) is 17.0. The average molecular weight is 442 g/mol. The molecule has 2 heterocycles. The first-order valence-electron chi connectivity index (χ1n) is 9.87. The molecule has 1 aliphatic heterocycles. The van der Waals surface area contributed by atoms with Gasteiger partial charge in [0.05, 0.1) is 24.3 Å². The largest absolute Gasteiger partial charge is 0.469 e. The van der Waals surface area contributed by atoms with Crippen molar-refractivity contribution in [3.8, 4) is 23.1 Å². The number of hydrogen-bond acceptors (Lipinski definition) is 3. The Bertz CT molecular complexity index is 1220. The number of hydrogen-bond donors (Lipinski definition) is 0. The van der Waals surface area contributed by atoms with Gasteiger partial charge in [-0.3, -0.25) is 4.79 Å². The summed E-state index contributed by atoms with van der Waals surface area (Å²) in [5.74, 6) is 4.67. The summed E-state index contributed by atoms with van der Waals surface area (Å²) in [5.41, 5.74) is 1.11. The van der Waals surface area contributed by atoms with Crippen molar-refractivity contribution in [3.05, 3.63) is 77.0 Å². The van der Waals surface area contributed by atoms with Crippen molar-refractivity contribution in [2.24, 2.45) is 5.92 Å². The Kier molecular flexibility index (Phi) is 5.74. The summed E-state index contributed by atoms with van der Waals surface area (Å²) < 4.78 is 58.4. The van der Waals surface area contributed by atoms with Crippen LogP contribution in [0.4, 0.5) is 17.6 Å². The third-order valence-corrected chi connectivity index (χ3v) is 5.33. The van der Waals surface area contributed by atoms with Gasteiger partial charge in [0.25, 0.3) is 0 Å². The average Bonchev–Trinajstić information content (AvgIpc) is 3.20. The molecule has 2 aromatic carbocycles. The van der Waals surface area contributed by atoms with Crippen LogP contribution in [-0.4, -0.2) is 22.6 Å². The minimum absolute atomic E-state index is 0.154. The molecule has 3 aromatic rings. The molecule has 0 N–H and O–H groups in total. The Labute approximate surface area is 181 Å². The monoisotopic (exact) mass is 442 g/mol. The summed E-state index contributed by atoms with van der Waals surface area (Å²) in [6.45, 7) is 0.530. The molecular weight excluding hydrogens is 424 g/mol. The van der Waals surface area contributed by atoms with Crippen LogP contribution in [0.1, 0.15) is 28.9 Å². The van der Waals surface area contributed by atoms with Gasteiger partial charge < -0.3 is 9.30 Å². The van der Waals surface area contributed by atoms with Crippen molar-refractivity contribution in [1.82, 2.24) is 9.55 Å². The molecule has 0 radical (unpaired) electrons. The number of halogens is 4. The molecule has 0 saturated heterocycles. The van der Waals surface area contributed by atoms with Crippen LogP contribution >= 0.6 is 0 Å². The van der Waals surface area contributed by atoms with Crippen molar-refractivity contribution in [3.63, 3.8) is 0 Å². The zero-order valence-corrected chi connectivity index (χ0v) is 17.0. The highest BCUT2D eigenvalue weighted by molar-refractivity contribution is 5.72. The van der Waals surface area contributed by atoms with Crippen LogP contribution in [0.25, 0.3) is 11.3 Å². The summed E-state index contributed by atoms with van der Waals surface area (Å²) in [6, 6.07) is 9.81. The van der Waals surface area contributed by atoms with Gasteiger partial charge in [-0.2, -0.15) is 13.2 Å². The number of aryl methyl sites for hydroxylation is 1. The van der Waals surface area contributed by atoms with Gasteiger partial charge in [-0.25, -0.2) is 9.37 Å². The standard InChI is InChI=1S/C24H18F4N2O2/c1-32-23(31)18-9-11-22-29-21(14-30(22)13-18)17-7-4-15(5-8-17)2-3-16-6-10-19(20(25)12-16)24(26,27)28/h4-8,10,12,14,18H,9,11,13H2,1H3. The van der Waals surface area contributed by atoms with Crippen LogP contribution in [-0.2, 0) is 28.7 Å². The molecule has 1 unspecified atom stereocenters. The van der Waals surface area contributed by atoms with Gasteiger partial charge >= 0.3 is 12.1 Å². The molecule has 4 rings (SSSR count). The first-order valence-corrected chi connectivity index (χ1v) is 9.87. The Morgan fingerprint density at radius 1 is 1.12 bits per heavy atom. The third-order valence-electron chi connectivity index (χ3n) is 5.33. The summed E-state index contributed by atoms with van der Waals surface area (Å²) in [4.78, 5) is 16.4. The number of ether oxygens (including phenoxy) is 1.